The van der Waals surface area contributed by atoms with E-state index < -0.39 is 5.60 Å². The average Bonchev–Trinajstić information content (AvgIpc) is 3.46. The van der Waals surface area contributed by atoms with Crippen molar-refractivity contribution in [3.63, 3.8) is 0 Å². The van der Waals surface area contributed by atoms with Gasteiger partial charge in [0.05, 0.1) is 24.1 Å². The Labute approximate surface area is 213 Å². The molecule has 11 heteroatoms. The van der Waals surface area contributed by atoms with Gasteiger partial charge in [-0.15, -0.1) is 0 Å². The lowest BCUT2D eigenvalue weighted by Gasteiger charge is -2.33. The Morgan fingerprint density at radius 3 is 2.62 bits per heavy atom. The number of rotatable bonds is 4. The van der Waals surface area contributed by atoms with Gasteiger partial charge in [-0.05, 0) is 52.7 Å². The van der Waals surface area contributed by atoms with Crippen LogP contribution < -0.4 is 10.3 Å². The second-order valence-corrected chi connectivity index (χ2v) is 10.1. The molecule has 37 heavy (non-hydrogen) atoms. The number of hydrogen-bond acceptors (Lipinski definition) is 8. The first kappa shape index (κ1) is 24.5. The first-order chi connectivity index (χ1) is 17.6. The van der Waals surface area contributed by atoms with Gasteiger partial charge in [0.15, 0.2) is 0 Å². The number of ether oxygens (including phenoxy) is 2. The minimum Gasteiger partial charge on any atom is -0.496 e. The molecule has 5 rings (SSSR count). The van der Waals surface area contributed by atoms with Gasteiger partial charge in [-0.25, -0.2) is 9.31 Å². The smallest absolute Gasteiger partial charge is 0.410 e. The summed E-state index contributed by atoms with van der Waals surface area (Å²) in [5.41, 5.74) is 2.38. The number of H-pyrrole nitrogens is 1. The van der Waals surface area contributed by atoms with Crippen molar-refractivity contribution in [3.05, 3.63) is 52.1 Å². The quantitative estimate of drug-likeness (QED) is 0.437. The van der Waals surface area contributed by atoms with E-state index in [1.807, 2.05) is 52.0 Å². The van der Waals surface area contributed by atoms with Crippen molar-refractivity contribution in [3.8, 4) is 28.6 Å². The van der Waals surface area contributed by atoms with Crippen LogP contribution in [0.4, 0.5) is 4.79 Å². The largest absolute Gasteiger partial charge is 0.496 e. The van der Waals surface area contributed by atoms with Gasteiger partial charge in [0.1, 0.15) is 22.6 Å². The first-order valence-corrected chi connectivity index (χ1v) is 12.2. The molecule has 0 bridgehead atoms. The highest BCUT2D eigenvalue weighted by Gasteiger charge is 2.30. The van der Waals surface area contributed by atoms with Gasteiger partial charge in [-0.3, -0.25) is 4.79 Å². The van der Waals surface area contributed by atoms with Crippen LogP contribution in [0.2, 0.25) is 0 Å². The van der Waals surface area contributed by atoms with Gasteiger partial charge in [0.25, 0.3) is 11.4 Å². The molecule has 0 spiro atoms. The van der Waals surface area contributed by atoms with E-state index in [1.165, 1.54) is 0 Å². The molecule has 0 radical (unpaired) electrons. The molecule has 194 valence electrons. The summed E-state index contributed by atoms with van der Waals surface area (Å²) in [5.74, 6) is 1.29. The molecule has 0 saturated carbocycles. The standard InChI is InChI=1S/C26H30N6O5/c1-15-21(24-28-22(30-37-24)17-8-6-7-9-19(17)35-5)23-27-20(33)14-18(32(23)29-15)16-10-12-31(13-11-16)25(34)36-26(2,3)4/h6-9,14,16H,10-13H2,1-5H3,(H,27,33). The molecule has 1 fully saturated rings. The van der Waals surface area contributed by atoms with Crippen molar-refractivity contribution in [1.82, 2.24) is 29.6 Å². The molecule has 1 N–H and O–H groups in total. The van der Waals surface area contributed by atoms with Crippen LogP contribution in [0.1, 0.15) is 50.9 Å². The number of hydrogen-bond donors (Lipinski definition) is 1. The fraction of sp³-hybridized carbons (Fsp3) is 0.423. The van der Waals surface area contributed by atoms with Crippen LogP contribution >= 0.6 is 0 Å². The normalized spacial score (nSPS) is 14.8. The van der Waals surface area contributed by atoms with Crippen LogP contribution in [0.5, 0.6) is 5.75 Å². The van der Waals surface area contributed by atoms with Gasteiger partial charge in [-0.1, -0.05) is 17.3 Å². The second-order valence-electron chi connectivity index (χ2n) is 10.1. The monoisotopic (exact) mass is 506 g/mol. The summed E-state index contributed by atoms with van der Waals surface area (Å²) in [4.78, 5) is 34.4. The van der Waals surface area contributed by atoms with Crippen molar-refractivity contribution < 1.29 is 18.8 Å². The molecule has 4 aromatic rings. The third-order valence-corrected chi connectivity index (χ3v) is 6.38. The molecule has 1 saturated heterocycles. The lowest BCUT2D eigenvalue weighted by molar-refractivity contribution is 0.0203. The summed E-state index contributed by atoms with van der Waals surface area (Å²) in [6.45, 7) is 8.46. The van der Waals surface area contributed by atoms with E-state index >= 15 is 0 Å². The summed E-state index contributed by atoms with van der Waals surface area (Å²) in [6.07, 6.45) is 1.05. The third-order valence-electron chi connectivity index (χ3n) is 6.38. The molecule has 0 unspecified atom stereocenters. The fourth-order valence-corrected chi connectivity index (χ4v) is 4.67. The minimum atomic E-state index is -0.546. The number of nitrogens with one attached hydrogen (secondary N) is 1. The lowest BCUT2D eigenvalue weighted by Crippen LogP contribution is -2.41. The second kappa shape index (κ2) is 9.38. The maximum absolute atomic E-state index is 12.7. The summed E-state index contributed by atoms with van der Waals surface area (Å²) >= 11 is 0. The molecule has 0 aliphatic carbocycles. The number of aromatic amines is 1. The van der Waals surface area contributed by atoms with E-state index in [0.29, 0.717) is 60.0 Å². The number of amides is 1. The Hall–Kier alpha value is -4.15. The van der Waals surface area contributed by atoms with E-state index in [0.717, 1.165) is 5.69 Å². The number of aromatic nitrogens is 5. The number of fused-ring (bicyclic) bond motifs is 1. The van der Waals surface area contributed by atoms with E-state index in [9.17, 15) is 9.59 Å². The zero-order valence-electron chi connectivity index (χ0n) is 21.6. The van der Waals surface area contributed by atoms with Gasteiger partial charge in [-0.2, -0.15) is 10.1 Å². The molecular formula is C26H30N6O5. The first-order valence-electron chi connectivity index (χ1n) is 12.2. The summed E-state index contributed by atoms with van der Waals surface area (Å²) < 4.78 is 18.3. The number of methoxy groups -OCH3 is 1. The maximum Gasteiger partial charge on any atom is 0.410 e. The lowest BCUT2D eigenvalue weighted by atomic mass is 9.93. The van der Waals surface area contributed by atoms with Crippen LogP contribution in [-0.2, 0) is 4.74 Å². The average molecular weight is 507 g/mol. The Kier molecular flexibility index (Phi) is 6.22. The van der Waals surface area contributed by atoms with Crippen LogP contribution in [0.15, 0.2) is 39.6 Å². The SMILES string of the molecule is COc1ccccc1-c1noc(-c2c(C)nn3c(C4CCN(C(=O)OC(C)(C)C)CC4)cc(=O)[nH]c23)n1. The molecular weight excluding hydrogens is 476 g/mol. The highest BCUT2D eigenvalue weighted by atomic mass is 16.6. The summed E-state index contributed by atoms with van der Waals surface area (Å²) in [6, 6.07) is 8.98. The van der Waals surface area contributed by atoms with E-state index in [2.05, 4.69) is 15.1 Å². The van der Waals surface area contributed by atoms with Crippen LogP contribution in [0, 0.1) is 6.92 Å². The zero-order chi connectivity index (χ0) is 26.3. The van der Waals surface area contributed by atoms with Crippen LogP contribution in [0.25, 0.3) is 28.5 Å². The van der Waals surface area contributed by atoms with Crippen molar-refractivity contribution in [2.75, 3.05) is 20.2 Å². The zero-order valence-corrected chi connectivity index (χ0v) is 21.6. The molecule has 3 aromatic heterocycles. The fourth-order valence-electron chi connectivity index (χ4n) is 4.67. The summed E-state index contributed by atoms with van der Waals surface area (Å²) in [7, 11) is 1.58. The predicted molar refractivity (Wildman–Crippen MR) is 136 cm³/mol. The number of piperidine rings is 1. The van der Waals surface area contributed by atoms with Gasteiger partial charge in [0.2, 0.25) is 5.82 Å². The van der Waals surface area contributed by atoms with Crippen molar-refractivity contribution in [2.24, 2.45) is 0 Å². The number of aryl methyl sites for hydroxylation is 1. The number of nitrogens with zero attached hydrogens (tertiary/aromatic N) is 5. The molecule has 11 nitrogen and oxygen atoms in total. The number of carbonyl (C=O) groups excluding carboxylic acids is 1. The van der Waals surface area contributed by atoms with E-state index in [1.54, 1.807) is 22.6 Å². The molecule has 1 aromatic carbocycles. The molecule has 0 atom stereocenters. The van der Waals surface area contributed by atoms with Crippen molar-refractivity contribution in [1.29, 1.82) is 0 Å². The van der Waals surface area contributed by atoms with Crippen molar-refractivity contribution >= 4 is 11.7 Å². The van der Waals surface area contributed by atoms with Gasteiger partial charge in [0, 0.05) is 25.1 Å². The highest BCUT2D eigenvalue weighted by molar-refractivity contribution is 5.76. The molecule has 1 amide bonds. The Morgan fingerprint density at radius 1 is 1.19 bits per heavy atom. The van der Waals surface area contributed by atoms with Gasteiger partial charge < -0.3 is 23.9 Å². The van der Waals surface area contributed by atoms with Crippen LogP contribution in [0.3, 0.4) is 0 Å². The van der Waals surface area contributed by atoms with Crippen LogP contribution in [-0.4, -0.2) is 61.5 Å². The molecule has 4 heterocycles. The maximum atomic E-state index is 12.7. The molecule has 1 aliphatic rings. The Balaban J connectivity index is 1.46. The topological polar surface area (TPSA) is 128 Å². The van der Waals surface area contributed by atoms with E-state index in [4.69, 9.17) is 19.1 Å². The Bertz CT molecular complexity index is 1500. The minimum absolute atomic E-state index is 0.0439. The Morgan fingerprint density at radius 2 is 1.92 bits per heavy atom. The third kappa shape index (κ3) is 4.81. The van der Waals surface area contributed by atoms with Gasteiger partial charge >= 0.3 is 6.09 Å². The predicted octanol–water partition coefficient (Wildman–Crippen LogP) is 4.17. The number of benzene rings is 1. The summed E-state index contributed by atoms with van der Waals surface area (Å²) in [5, 5.41) is 8.85. The highest BCUT2D eigenvalue weighted by Crippen LogP contribution is 2.34. The van der Waals surface area contributed by atoms with E-state index in [-0.39, 0.29) is 23.5 Å². The van der Waals surface area contributed by atoms with Crippen molar-refractivity contribution in [2.45, 2.75) is 52.1 Å². The number of para-hydroxylation sites is 1. The number of likely N-dealkylation sites (tertiary alicyclic amines) is 1. The number of carbonyl (C=O) groups is 1. The molecule has 1 aliphatic heterocycles.